The van der Waals surface area contributed by atoms with Crippen molar-refractivity contribution in [2.24, 2.45) is 0 Å². The van der Waals surface area contributed by atoms with Crippen LogP contribution in [-0.2, 0) is 15.9 Å². The van der Waals surface area contributed by atoms with E-state index in [-0.39, 0.29) is 6.29 Å². The molecule has 1 aliphatic rings. The van der Waals surface area contributed by atoms with Gasteiger partial charge in [-0.05, 0) is 19.9 Å². The Balaban J connectivity index is 1.86. The summed E-state index contributed by atoms with van der Waals surface area (Å²) >= 11 is 1.74. The zero-order valence-corrected chi connectivity index (χ0v) is 12.0. The smallest absolute Gasteiger partial charge is 0.159 e. The van der Waals surface area contributed by atoms with Crippen LogP contribution in [0.15, 0.2) is 5.38 Å². The lowest BCUT2D eigenvalue weighted by Gasteiger charge is -2.20. The average molecular weight is 270 g/mol. The minimum Gasteiger partial charge on any atom is -0.350 e. The largest absolute Gasteiger partial charge is 0.350 e. The van der Waals surface area contributed by atoms with E-state index in [0.717, 1.165) is 44.7 Å². The molecule has 0 saturated carbocycles. The van der Waals surface area contributed by atoms with Crippen LogP contribution in [0.2, 0.25) is 0 Å². The summed E-state index contributed by atoms with van der Waals surface area (Å²) < 4.78 is 11.1. The summed E-state index contributed by atoms with van der Waals surface area (Å²) in [6.45, 7) is 6.70. The number of hydrogen-bond acceptors (Lipinski definition) is 5. The van der Waals surface area contributed by atoms with Gasteiger partial charge in [0, 0.05) is 30.0 Å². The van der Waals surface area contributed by atoms with E-state index in [2.05, 4.69) is 22.6 Å². The van der Waals surface area contributed by atoms with Crippen molar-refractivity contribution >= 4 is 11.3 Å². The van der Waals surface area contributed by atoms with Gasteiger partial charge in [-0.25, -0.2) is 4.98 Å². The van der Waals surface area contributed by atoms with Gasteiger partial charge in [-0.1, -0.05) is 6.92 Å². The van der Waals surface area contributed by atoms with Crippen LogP contribution >= 0.6 is 11.3 Å². The highest BCUT2D eigenvalue weighted by atomic mass is 32.1. The minimum atomic E-state index is -0.0413. The molecule has 1 aromatic heterocycles. The molecule has 5 heteroatoms. The number of nitrogens with one attached hydrogen (secondary N) is 1. The molecule has 1 aliphatic heterocycles. The molecule has 1 saturated heterocycles. The van der Waals surface area contributed by atoms with Crippen LogP contribution < -0.4 is 5.32 Å². The number of nitrogens with zero attached hydrogens (tertiary/aromatic N) is 1. The lowest BCUT2D eigenvalue weighted by atomic mass is 10.1. The lowest BCUT2D eigenvalue weighted by Crippen LogP contribution is -2.35. The maximum absolute atomic E-state index is 5.53. The summed E-state index contributed by atoms with van der Waals surface area (Å²) in [5.74, 6) is 0. The van der Waals surface area contributed by atoms with E-state index in [9.17, 15) is 0 Å². The van der Waals surface area contributed by atoms with Crippen molar-refractivity contribution < 1.29 is 9.47 Å². The van der Waals surface area contributed by atoms with E-state index in [1.807, 2.05) is 6.92 Å². The average Bonchev–Trinajstić information content (AvgIpc) is 2.98. The quantitative estimate of drug-likeness (QED) is 0.824. The third-order valence-corrected chi connectivity index (χ3v) is 3.93. The van der Waals surface area contributed by atoms with E-state index in [4.69, 9.17) is 9.47 Å². The predicted octanol–water partition coefficient (Wildman–Crippen LogP) is 2.13. The Hall–Kier alpha value is -0.490. The van der Waals surface area contributed by atoms with Crippen LogP contribution in [0.25, 0.3) is 0 Å². The van der Waals surface area contributed by atoms with E-state index >= 15 is 0 Å². The number of rotatable bonds is 7. The first-order chi connectivity index (χ1) is 8.78. The van der Waals surface area contributed by atoms with Crippen molar-refractivity contribution in [2.75, 3.05) is 19.8 Å². The number of ether oxygens (including phenoxy) is 2. The minimum absolute atomic E-state index is 0.0413. The highest BCUT2D eigenvalue weighted by Crippen LogP contribution is 2.16. The molecule has 1 atom stereocenters. The number of hydrogen-bond donors (Lipinski definition) is 1. The summed E-state index contributed by atoms with van der Waals surface area (Å²) in [5.41, 5.74) is 1.11. The van der Waals surface area contributed by atoms with Gasteiger partial charge in [-0.3, -0.25) is 0 Å². The molecule has 0 aromatic carbocycles. The maximum atomic E-state index is 5.53. The van der Waals surface area contributed by atoms with Gasteiger partial charge in [0.15, 0.2) is 6.29 Å². The fourth-order valence-corrected chi connectivity index (χ4v) is 2.92. The third-order valence-electron chi connectivity index (χ3n) is 2.94. The predicted molar refractivity (Wildman–Crippen MR) is 72.9 cm³/mol. The van der Waals surface area contributed by atoms with E-state index in [1.165, 1.54) is 5.01 Å². The molecule has 0 aliphatic carbocycles. The Morgan fingerprint density at radius 2 is 2.28 bits per heavy atom. The molecular formula is C13H22N2O2S. The Kier molecular flexibility index (Phi) is 5.56. The zero-order valence-electron chi connectivity index (χ0n) is 11.1. The van der Waals surface area contributed by atoms with Crippen molar-refractivity contribution in [3.8, 4) is 0 Å². The molecule has 1 unspecified atom stereocenters. The second-order valence-corrected chi connectivity index (χ2v) is 5.59. The van der Waals surface area contributed by atoms with Crippen LogP contribution in [0.3, 0.4) is 0 Å². The van der Waals surface area contributed by atoms with Gasteiger partial charge in [0.1, 0.15) is 0 Å². The molecular weight excluding hydrogens is 248 g/mol. The van der Waals surface area contributed by atoms with Crippen molar-refractivity contribution in [1.29, 1.82) is 0 Å². The first kappa shape index (κ1) is 13.9. The Morgan fingerprint density at radius 3 is 2.89 bits per heavy atom. The van der Waals surface area contributed by atoms with Crippen molar-refractivity contribution in [1.82, 2.24) is 10.3 Å². The van der Waals surface area contributed by atoms with Gasteiger partial charge >= 0.3 is 0 Å². The van der Waals surface area contributed by atoms with Crippen LogP contribution in [0.4, 0.5) is 0 Å². The lowest BCUT2D eigenvalue weighted by molar-refractivity contribution is -0.0526. The summed E-state index contributed by atoms with van der Waals surface area (Å²) in [5, 5.41) is 6.86. The normalized spacial score (nSPS) is 18.3. The highest BCUT2D eigenvalue weighted by molar-refractivity contribution is 7.09. The standard InChI is InChI=1S/C13H22N2O2S/c1-3-4-14-11(8-13-16-5-6-17-13)7-12-15-10(2)9-18-12/h9,11,13-14H,3-8H2,1-2H3. The molecule has 0 radical (unpaired) electrons. The van der Waals surface area contributed by atoms with Crippen molar-refractivity contribution in [2.45, 2.75) is 45.4 Å². The SMILES string of the molecule is CCCNC(Cc1nc(C)cs1)CC1OCCO1. The van der Waals surface area contributed by atoms with Gasteiger partial charge in [-0.2, -0.15) is 0 Å². The molecule has 0 amide bonds. The van der Waals surface area contributed by atoms with Gasteiger partial charge in [0.25, 0.3) is 0 Å². The van der Waals surface area contributed by atoms with Crippen molar-refractivity contribution in [3.63, 3.8) is 0 Å². The number of aromatic nitrogens is 1. The third kappa shape index (κ3) is 4.31. The first-order valence-electron chi connectivity index (χ1n) is 6.65. The molecule has 1 N–H and O–H groups in total. The highest BCUT2D eigenvalue weighted by Gasteiger charge is 2.22. The van der Waals surface area contributed by atoms with Gasteiger partial charge in [0.05, 0.1) is 18.2 Å². The van der Waals surface area contributed by atoms with Crippen LogP contribution in [0.5, 0.6) is 0 Å². The summed E-state index contributed by atoms with van der Waals surface area (Å²) in [6, 6.07) is 0.388. The molecule has 18 heavy (non-hydrogen) atoms. The Bertz CT molecular complexity index is 351. The molecule has 1 aromatic rings. The molecule has 0 spiro atoms. The Morgan fingerprint density at radius 1 is 1.50 bits per heavy atom. The summed E-state index contributed by atoms with van der Waals surface area (Å²) in [6.07, 6.45) is 2.96. The van der Waals surface area contributed by atoms with Gasteiger partial charge in [0.2, 0.25) is 0 Å². The van der Waals surface area contributed by atoms with E-state index < -0.39 is 0 Å². The molecule has 0 bridgehead atoms. The molecule has 102 valence electrons. The molecule has 4 nitrogen and oxygen atoms in total. The molecule has 2 heterocycles. The van der Waals surface area contributed by atoms with Crippen LogP contribution in [-0.4, -0.2) is 37.1 Å². The van der Waals surface area contributed by atoms with Crippen molar-refractivity contribution in [3.05, 3.63) is 16.1 Å². The van der Waals surface area contributed by atoms with Crippen LogP contribution in [0.1, 0.15) is 30.5 Å². The topological polar surface area (TPSA) is 43.4 Å². The molecule has 1 fully saturated rings. The number of thiazole rings is 1. The second-order valence-electron chi connectivity index (χ2n) is 4.64. The second kappa shape index (κ2) is 7.19. The van der Waals surface area contributed by atoms with Crippen LogP contribution in [0, 0.1) is 6.92 Å². The first-order valence-corrected chi connectivity index (χ1v) is 7.53. The summed E-state index contributed by atoms with van der Waals surface area (Å²) in [7, 11) is 0. The summed E-state index contributed by atoms with van der Waals surface area (Å²) in [4.78, 5) is 4.53. The fraction of sp³-hybridized carbons (Fsp3) is 0.769. The Labute approximate surface area is 113 Å². The maximum Gasteiger partial charge on any atom is 0.159 e. The molecule has 2 rings (SSSR count). The monoisotopic (exact) mass is 270 g/mol. The van der Waals surface area contributed by atoms with Gasteiger partial charge in [-0.15, -0.1) is 11.3 Å². The van der Waals surface area contributed by atoms with E-state index in [1.54, 1.807) is 11.3 Å². The zero-order chi connectivity index (χ0) is 12.8. The fourth-order valence-electron chi connectivity index (χ4n) is 2.07. The van der Waals surface area contributed by atoms with E-state index in [0.29, 0.717) is 6.04 Å². The van der Waals surface area contributed by atoms with Gasteiger partial charge < -0.3 is 14.8 Å². The number of aryl methyl sites for hydroxylation is 1.